The van der Waals surface area contributed by atoms with E-state index >= 15 is 0 Å². The molecule has 1 heterocycles. The second-order valence-corrected chi connectivity index (χ2v) is 9.59. The lowest BCUT2D eigenvalue weighted by atomic mass is 9.47. The molecule has 0 unspecified atom stereocenters. The number of hydrogen-bond donors (Lipinski definition) is 0. The molecule has 5 heteroatoms. The van der Waals surface area contributed by atoms with Crippen molar-refractivity contribution >= 4 is 11.9 Å². The topological polar surface area (TPSA) is 61.8 Å². The van der Waals surface area contributed by atoms with Crippen LogP contribution in [0.5, 0.6) is 0 Å². The van der Waals surface area contributed by atoms with Crippen molar-refractivity contribution in [3.8, 4) is 0 Å². The molecule has 5 atom stereocenters. The SMILES string of the molecule is C=C[C@@]1(C)CC[C@H]2[C@](C)(CC(=O)OC)[C@@H](C(C)(C)C(=O)OC)CC[C@]2(C)O1. The average molecular weight is 381 g/mol. The first-order valence-corrected chi connectivity index (χ1v) is 9.87. The summed E-state index contributed by atoms with van der Waals surface area (Å²) in [5.41, 5.74) is -1.85. The Morgan fingerprint density at radius 3 is 2.30 bits per heavy atom. The van der Waals surface area contributed by atoms with Gasteiger partial charge in [0.05, 0.1) is 37.3 Å². The van der Waals surface area contributed by atoms with Crippen molar-refractivity contribution in [2.24, 2.45) is 22.7 Å². The molecule has 2 fully saturated rings. The van der Waals surface area contributed by atoms with Gasteiger partial charge in [-0.25, -0.2) is 0 Å². The number of hydrogen-bond acceptors (Lipinski definition) is 5. The molecule has 1 saturated heterocycles. The van der Waals surface area contributed by atoms with Crippen molar-refractivity contribution in [2.75, 3.05) is 14.2 Å². The van der Waals surface area contributed by atoms with Crippen molar-refractivity contribution in [3.63, 3.8) is 0 Å². The molecule has 1 aliphatic carbocycles. The molecule has 1 saturated carbocycles. The molecule has 0 spiro atoms. The van der Waals surface area contributed by atoms with E-state index in [1.165, 1.54) is 14.2 Å². The third kappa shape index (κ3) is 3.67. The Bertz CT molecular complexity index is 612. The Labute approximate surface area is 163 Å². The van der Waals surface area contributed by atoms with E-state index in [-0.39, 0.29) is 41.4 Å². The van der Waals surface area contributed by atoms with Gasteiger partial charge < -0.3 is 14.2 Å². The standard InChI is InChI=1S/C22H36O5/c1-9-20(4)12-10-16-21(5,14-17(23)25-7)15(11-13-22(16,6)27-20)19(2,3)18(24)26-8/h9,15-16H,1,10-14H2,2-8H3/t15-,16+,20+,21-,22+/m1/s1. The van der Waals surface area contributed by atoms with Crippen LogP contribution < -0.4 is 0 Å². The Morgan fingerprint density at radius 2 is 1.78 bits per heavy atom. The molecular formula is C22H36O5. The van der Waals surface area contributed by atoms with Crippen molar-refractivity contribution in [1.82, 2.24) is 0 Å². The fourth-order valence-corrected chi connectivity index (χ4v) is 6.01. The summed E-state index contributed by atoms with van der Waals surface area (Å²) in [7, 11) is 2.84. The highest BCUT2D eigenvalue weighted by Gasteiger charge is 2.62. The van der Waals surface area contributed by atoms with Gasteiger partial charge in [0, 0.05) is 0 Å². The predicted octanol–water partition coefficient (Wildman–Crippen LogP) is 4.30. The molecule has 2 rings (SSSR count). The highest BCUT2D eigenvalue weighted by Crippen LogP contribution is 2.62. The lowest BCUT2D eigenvalue weighted by molar-refractivity contribution is -0.247. The third-order valence-corrected chi connectivity index (χ3v) is 7.42. The number of methoxy groups -OCH3 is 2. The number of fused-ring (bicyclic) bond motifs is 1. The van der Waals surface area contributed by atoms with Crippen LogP contribution in [0.1, 0.15) is 66.7 Å². The Balaban J connectivity index is 2.50. The van der Waals surface area contributed by atoms with Crippen LogP contribution in [0.2, 0.25) is 0 Å². The van der Waals surface area contributed by atoms with Crippen LogP contribution in [0.4, 0.5) is 0 Å². The van der Waals surface area contributed by atoms with Gasteiger partial charge in [-0.3, -0.25) is 9.59 Å². The summed E-state index contributed by atoms with van der Waals surface area (Å²) in [6.07, 6.45) is 5.54. The second kappa shape index (κ2) is 7.23. The highest BCUT2D eigenvalue weighted by molar-refractivity contribution is 5.77. The Morgan fingerprint density at radius 1 is 1.15 bits per heavy atom. The molecule has 0 bridgehead atoms. The molecule has 27 heavy (non-hydrogen) atoms. The van der Waals surface area contributed by atoms with Crippen LogP contribution in [0, 0.1) is 22.7 Å². The summed E-state index contributed by atoms with van der Waals surface area (Å²) in [6, 6.07) is 0. The van der Waals surface area contributed by atoms with E-state index in [2.05, 4.69) is 27.4 Å². The van der Waals surface area contributed by atoms with Crippen molar-refractivity contribution in [3.05, 3.63) is 12.7 Å². The fourth-order valence-electron chi connectivity index (χ4n) is 6.01. The molecule has 2 aliphatic rings. The van der Waals surface area contributed by atoms with E-state index in [9.17, 15) is 9.59 Å². The van der Waals surface area contributed by atoms with Gasteiger partial charge in [-0.1, -0.05) is 13.0 Å². The van der Waals surface area contributed by atoms with Crippen LogP contribution in [0.3, 0.4) is 0 Å². The largest absolute Gasteiger partial charge is 0.469 e. The van der Waals surface area contributed by atoms with Gasteiger partial charge in [0.25, 0.3) is 0 Å². The lowest BCUT2D eigenvalue weighted by Crippen LogP contribution is -2.62. The number of ether oxygens (including phenoxy) is 3. The van der Waals surface area contributed by atoms with Crippen LogP contribution in [0.25, 0.3) is 0 Å². The second-order valence-electron chi connectivity index (χ2n) is 9.59. The van der Waals surface area contributed by atoms with Crippen LogP contribution in [-0.2, 0) is 23.8 Å². The summed E-state index contributed by atoms with van der Waals surface area (Å²) >= 11 is 0. The van der Waals surface area contributed by atoms with E-state index < -0.39 is 10.8 Å². The molecule has 0 aromatic heterocycles. The zero-order chi connectivity index (χ0) is 20.7. The summed E-state index contributed by atoms with van der Waals surface area (Å²) in [4.78, 5) is 24.9. The van der Waals surface area contributed by atoms with E-state index in [0.29, 0.717) is 0 Å². The van der Waals surface area contributed by atoms with Gasteiger partial charge >= 0.3 is 11.9 Å². The Hall–Kier alpha value is -1.36. The summed E-state index contributed by atoms with van der Waals surface area (Å²) < 4.78 is 16.7. The first-order valence-electron chi connectivity index (χ1n) is 9.87. The maximum atomic E-state index is 12.6. The smallest absolute Gasteiger partial charge is 0.311 e. The molecule has 0 aromatic rings. The van der Waals surface area contributed by atoms with Crippen molar-refractivity contribution < 1.29 is 23.8 Å². The first-order chi connectivity index (χ1) is 12.4. The van der Waals surface area contributed by atoms with Gasteiger partial charge in [0.15, 0.2) is 0 Å². The number of rotatable bonds is 5. The Kier molecular flexibility index (Phi) is 5.87. The molecular weight excluding hydrogens is 344 g/mol. The third-order valence-electron chi connectivity index (χ3n) is 7.42. The molecule has 0 N–H and O–H groups in total. The van der Waals surface area contributed by atoms with Gasteiger partial charge in [-0.15, -0.1) is 6.58 Å². The lowest BCUT2D eigenvalue weighted by Gasteiger charge is -2.62. The van der Waals surface area contributed by atoms with E-state index in [1.54, 1.807) is 0 Å². The number of carbonyl (C=O) groups is 2. The fraction of sp³-hybridized carbons (Fsp3) is 0.818. The summed E-state index contributed by atoms with van der Waals surface area (Å²) in [5.74, 6) is -0.351. The zero-order valence-corrected chi connectivity index (χ0v) is 18.0. The minimum Gasteiger partial charge on any atom is -0.469 e. The van der Waals surface area contributed by atoms with E-state index in [4.69, 9.17) is 14.2 Å². The molecule has 0 radical (unpaired) electrons. The highest BCUT2D eigenvalue weighted by atomic mass is 16.5. The minimum atomic E-state index is -0.696. The van der Waals surface area contributed by atoms with Crippen molar-refractivity contribution in [2.45, 2.75) is 77.9 Å². The van der Waals surface area contributed by atoms with Crippen molar-refractivity contribution in [1.29, 1.82) is 0 Å². The molecule has 154 valence electrons. The van der Waals surface area contributed by atoms with Crippen LogP contribution >= 0.6 is 0 Å². The van der Waals surface area contributed by atoms with Gasteiger partial charge in [0.1, 0.15) is 0 Å². The van der Waals surface area contributed by atoms with Gasteiger partial charge in [-0.2, -0.15) is 0 Å². The van der Waals surface area contributed by atoms with Crippen LogP contribution in [-0.4, -0.2) is 37.4 Å². The quantitative estimate of drug-likeness (QED) is 0.526. The maximum Gasteiger partial charge on any atom is 0.311 e. The normalized spacial score (nSPS) is 39.2. The number of esters is 2. The molecule has 0 aromatic carbocycles. The minimum absolute atomic E-state index is 0.00804. The molecule has 1 aliphatic heterocycles. The van der Waals surface area contributed by atoms with Gasteiger partial charge in [0.2, 0.25) is 0 Å². The maximum absolute atomic E-state index is 12.6. The molecule has 5 nitrogen and oxygen atoms in total. The van der Waals surface area contributed by atoms with Crippen LogP contribution in [0.15, 0.2) is 12.7 Å². The van der Waals surface area contributed by atoms with E-state index in [1.807, 2.05) is 19.9 Å². The average Bonchev–Trinajstić information content (AvgIpc) is 2.59. The number of carbonyl (C=O) groups excluding carboxylic acids is 2. The zero-order valence-electron chi connectivity index (χ0n) is 18.0. The summed E-state index contributed by atoms with van der Waals surface area (Å²) in [5, 5.41) is 0. The molecule has 0 amide bonds. The summed E-state index contributed by atoms with van der Waals surface area (Å²) in [6.45, 7) is 14.2. The van der Waals surface area contributed by atoms with E-state index in [0.717, 1.165) is 25.7 Å². The first kappa shape index (κ1) is 21.9. The van der Waals surface area contributed by atoms with Gasteiger partial charge in [-0.05, 0) is 70.6 Å². The predicted molar refractivity (Wildman–Crippen MR) is 104 cm³/mol. The monoisotopic (exact) mass is 380 g/mol.